The highest BCUT2D eigenvalue weighted by molar-refractivity contribution is 9.10. The normalized spacial score (nSPS) is 15.6. The number of halogens is 2. The lowest BCUT2D eigenvalue weighted by molar-refractivity contribution is -0.123. The minimum absolute atomic E-state index is 0.100. The van der Waals surface area contributed by atoms with Crippen molar-refractivity contribution in [3.8, 4) is 0 Å². The van der Waals surface area contributed by atoms with Crippen LogP contribution in [0.5, 0.6) is 0 Å². The van der Waals surface area contributed by atoms with E-state index in [4.69, 9.17) is 11.6 Å². The molecule has 6 heteroatoms. The van der Waals surface area contributed by atoms with Gasteiger partial charge >= 0.3 is 0 Å². The van der Waals surface area contributed by atoms with Crippen molar-refractivity contribution >= 4 is 39.3 Å². The lowest BCUT2D eigenvalue weighted by Crippen LogP contribution is -2.49. The Hall–Kier alpha value is -1.07. The molecule has 0 unspecified atom stereocenters. The SMILES string of the molecule is O=C1CN(C(=O)c2cc(Cl)cc(Br)c2)CCN1. The third-order valence-corrected chi connectivity index (χ3v) is 3.11. The smallest absolute Gasteiger partial charge is 0.254 e. The molecule has 0 saturated carbocycles. The number of hydrogen-bond acceptors (Lipinski definition) is 2. The zero-order chi connectivity index (χ0) is 12.4. The second-order valence-corrected chi connectivity index (χ2v) is 5.09. The fourth-order valence-corrected chi connectivity index (χ4v) is 2.53. The molecular weight excluding hydrogens is 307 g/mol. The topological polar surface area (TPSA) is 49.4 Å². The van der Waals surface area contributed by atoms with Gasteiger partial charge in [-0.2, -0.15) is 0 Å². The minimum atomic E-state index is -0.178. The fourth-order valence-electron chi connectivity index (χ4n) is 1.67. The van der Waals surface area contributed by atoms with Crippen LogP contribution in [-0.4, -0.2) is 36.3 Å². The van der Waals surface area contributed by atoms with Gasteiger partial charge in [0.05, 0.1) is 6.54 Å². The summed E-state index contributed by atoms with van der Waals surface area (Å²) < 4.78 is 0.745. The van der Waals surface area contributed by atoms with E-state index in [9.17, 15) is 9.59 Å². The summed E-state index contributed by atoms with van der Waals surface area (Å²) in [5.74, 6) is -0.311. The van der Waals surface area contributed by atoms with Crippen molar-refractivity contribution in [2.75, 3.05) is 19.6 Å². The highest BCUT2D eigenvalue weighted by atomic mass is 79.9. The molecule has 2 amide bonds. The zero-order valence-corrected chi connectivity index (χ0v) is 11.2. The molecule has 0 spiro atoms. The molecule has 90 valence electrons. The zero-order valence-electron chi connectivity index (χ0n) is 8.87. The first-order chi connectivity index (χ1) is 8.06. The van der Waals surface area contributed by atoms with Gasteiger partial charge in [-0.25, -0.2) is 0 Å². The summed E-state index contributed by atoms with van der Waals surface area (Å²) in [6, 6.07) is 5.00. The standard InChI is InChI=1S/C11H10BrClN2O2/c12-8-3-7(4-9(13)5-8)11(17)15-2-1-14-10(16)6-15/h3-5H,1-2,6H2,(H,14,16). The van der Waals surface area contributed by atoms with Crippen molar-refractivity contribution < 1.29 is 9.59 Å². The molecular formula is C11H10BrClN2O2. The third-order valence-electron chi connectivity index (χ3n) is 2.44. The average Bonchev–Trinajstić information content (AvgIpc) is 2.26. The number of nitrogens with zero attached hydrogens (tertiary/aromatic N) is 1. The van der Waals surface area contributed by atoms with E-state index in [-0.39, 0.29) is 18.4 Å². The Morgan fingerprint density at radius 3 is 2.82 bits per heavy atom. The maximum Gasteiger partial charge on any atom is 0.254 e. The molecule has 0 atom stereocenters. The van der Waals surface area contributed by atoms with Crippen LogP contribution in [0.4, 0.5) is 0 Å². The van der Waals surface area contributed by atoms with E-state index >= 15 is 0 Å². The van der Waals surface area contributed by atoms with E-state index < -0.39 is 0 Å². The van der Waals surface area contributed by atoms with Crippen molar-refractivity contribution in [3.63, 3.8) is 0 Å². The molecule has 1 aromatic rings. The van der Waals surface area contributed by atoms with Gasteiger partial charge in [0.25, 0.3) is 5.91 Å². The highest BCUT2D eigenvalue weighted by Gasteiger charge is 2.22. The van der Waals surface area contributed by atoms with E-state index in [0.29, 0.717) is 23.7 Å². The van der Waals surface area contributed by atoms with Gasteiger partial charge in [0.2, 0.25) is 5.91 Å². The Balaban J connectivity index is 2.21. The summed E-state index contributed by atoms with van der Waals surface area (Å²) in [7, 11) is 0. The van der Waals surface area contributed by atoms with Crippen molar-refractivity contribution in [2.24, 2.45) is 0 Å². The molecule has 1 N–H and O–H groups in total. The molecule has 2 rings (SSSR count). The predicted octanol–water partition coefficient (Wildman–Crippen LogP) is 1.67. The first-order valence-corrected chi connectivity index (χ1v) is 6.25. The molecule has 1 saturated heterocycles. The number of piperazine rings is 1. The van der Waals surface area contributed by atoms with Gasteiger partial charge in [-0.05, 0) is 18.2 Å². The summed E-state index contributed by atoms with van der Waals surface area (Å²) in [5.41, 5.74) is 0.485. The molecule has 1 heterocycles. The van der Waals surface area contributed by atoms with Crippen LogP contribution in [0.3, 0.4) is 0 Å². The third kappa shape index (κ3) is 2.98. The van der Waals surface area contributed by atoms with E-state index in [2.05, 4.69) is 21.2 Å². The number of carbonyl (C=O) groups is 2. The van der Waals surface area contributed by atoms with Gasteiger partial charge in [0.15, 0.2) is 0 Å². The maximum absolute atomic E-state index is 12.1. The number of hydrogen-bond donors (Lipinski definition) is 1. The Morgan fingerprint density at radius 2 is 2.18 bits per heavy atom. The van der Waals surface area contributed by atoms with Crippen LogP contribution < -0.4 is 5.32 Å². The molecule has 17 heavy (non-hydrogen) atoms. The number of nitrogens with one attached hydrogen (secondary N) is 1. The second-order valence-electron chi connectivity index (χ2n) is 3.73. The molecule has 1 aliphatic rings. The van der Waals surface area contributed by atoms with E-state index in [1.165, 1.54) is 4.90 Å². The van der Waals surface area contributed by atoms with Gasteiger partial charge in [-0.1, -0.05) is 27.5 Å². The maximum atomic E-state index is 12.1. The molecule has 4 nitrogen and oxygen atoms in total. The first-order valence-electron chi connectivity index (χ1n) is 5.08. The van der Waals surface area contributed by atoms with Crippen LogP contribution in [0.25, 0.3) is 0 Å². The van der Waals surface area contributed by atoms with Crippen LogP contribution >= 0.6 is 27.5 Å². The number of rotatable bonds is 1. The lowest BCUT2D eigenvalue weighted by Gasteiger charge is -2.26. The molecule has 0 radical (unpaired) electrons. The minimum Gasteiger partial charge on any atom is -0.353 e. The number of benzene rings is 1. The van der Waals surface area contributed by atoms with Crippen molar-refractivity contribution in [3.05, 3.63) is 33.3 Å². The largest absolute Gasteiger partial charge is 0.353 e. The summed E-state index contributed by atoms with van der Waals surface area (Å²) in [5, 5.41) is 3.16. The Bertz CT molecular complexity index is 458. The molecule has 0 aliphatic carbocycles. The van der Waals surface area contributed by atoms with Crippen LogP contribution in [-0.2, 0) is 4.79 Å². The predicted molar refractivity (Wildman–Crippen MR) is 68.1 cm³/mol. The second kappa shape index (κ2) is 5.06. The molecule has 0 aromatic heterocycles. The Kier molecular flexibility index (Phi) is 3.69. The monoisotopic (exact) mass is 316 g/mol. The first kappa shape index (κ1) is 12.4. The van der Waals surface area contributed by atoms with Gasteiger partial charge in [-0.15, -0.1) is 0 Å². The average molecular weight is 318 g/mol. The quantitative estimate of drug-likeness (QED) is 0.856. The number of carbonyl (C=O) groups excluding carboxylic acids is 2. The Labute approximate surface area is 112 Å². The molecule has 1 aliphatic heterocycles. The van der Waals surface area contributed by atoms with Crippen LogP contribution in [0.15, 0.2) is 22.7 Å². The van der Waals surface area contributed by atoms with Crippen molar-refractivity contribution in [1.29, 1.82) is 0 Å². The van der Waals surface area contributed by atoms with E-state index in [1.54, 1.807) is 18.2 Å². The summed E-state index contributed by atoms with van der Waals surface area (Å²) >= 11 is 9.16. The number of amides is 2. The van der Waals surface area contributed by atoms with Crippen LogP contribution in [0.2, 0.25) is 5.02 Å². The molecule has 1 fully saturated rings. The highest BCUT2D eigenvalue weighted by Crippen LogP contribution is 2.20. The van der Waals surface area contributed by atoms with Crippen LogP contribution in [0.1, 0.15) is 10.4 Å². The van der Waals surface area contributed by atoms with Crippen LogP contribution in [0, 0.1) is 0 Å². The summed E-state index contributed by atoms with van der Waals surface area (Å²) in [6.07, 6.45) is 0. The molecule has 1 aromatic carbocycles. The van der Waals surface area contributed by atoms with Crippen molar-refractivity contribution in [1.82, 2.24) is 10.2 Å². The van der Waals surface area contributed by atoms with Gasteiger partial charge in [-0.3, -0.25) is 9.59 Å². The van der Waals surface area contributed by atoms with E-state index in [1.807, 2.05) is 0 Å². The summed E-state index contributed by atoms with van der Waals surface area (Å²) in [6.45, 7) is 1.12. The summed E-state index contributed by atoms with van der Waals surface area (Å²) in [4.78, 5) is 24.8. The van der Waals surface area contributed by atoms with E-state index in [0.717, 1.165) is 4.47 Å². The van der Waals surface area contributed by atoms with Gasteiger partial charge in [0.1, 0.15) is 0 Å². The van der Waals surface area contributed by atoms with Gasteiger partial charge in [0, 0.05) is 28.1 Å². The fraction of sp³-hybridized carbons (Fsp3) is 0.273. The lowest BCUT2D eigenvalue weighted by atomic mass is 10.2. The van der Waals surface area contributed by atoms with Gasteiger partial charge < -0.3 is 10.2 Å². The van der Waals surface area contributed by atoms with Crippen molar-refractivity contribution in [2.45, 2.75) is 0 Å². The molecule has 0 bridgehead atoms. The Morgan fingerprint density at radius 1 is 1.41 bits per heavy atom.